The van der Waals surface area contributed by atoms with E-state index in [-0.39, 0.29) is 5.60 Å². The number of benzene rings is 3. The monoisotopic (exact) mass is 378 g/mol. The van der Waals surface area contributed by atoms with Crippen LogP contribution in [-0.4, -0.2) is 16.7 Å². The van der Waals surface area contributed by atoms with Gasteiger partial charge in [0.2, 0.25) is 0 Å². The molecule has 0 amide bonds. The van der Waals surface area contributed by atoms with E-state index in [0.717, 1.165) is 34.7 Å². The summed E-state index contributed by atoms with van der Waals surface area (Å²) in [6, 6.07) is 21.0. The van der Waals surface area contributed by atoms with Crippen LogP contribution in [0.3, 0.4) is 0 Å². The molecule has 0 fully saturated rings. The maximum atomic E-state index is 11.0. The Morgan fingerprint density at radius 3 is 2.37 bits per heavy atom. The Kier molecular flexibility index (Phi) is 4.40. The molecule has 4 rings (SSSR count). The van der Waals surface area contributed by atoms with E-state index in [2.05, 4.69) is 13.0 Å². The number of carbonyl (C=O) groups is 1. The molecule has 0 spiro atoms. The van der Waals surface area contributed by atoms with Crippen LogP contribution < -0.4 is 4.74 Å². The minimum Gasteiger partial charge on any atom is -0.487 e. The van der Waals surface area contributed by atoms with Crippen LogP contribution in [0.25, 0.3) is 11.1 Å². The van der Waals surface area contributed by atoms with Gasteiger partial charge in [0.1, 0.15) is 11.4 Å². The predicted molar refractivity (Wildman–Crippen MR) is 107 cm³/mol. The normalized spacial score (nSPS) is 18.0. The second kappa shape index (κ2) is 6.75. The molecule has 1 aliphatic rings. The highest BCUT2D eigenvalue weighted by Gasteiger charge is 2.35. The Morgan fingerprint density at radius 1 is 1.04 bits per heavy atom. The molecule has 0 saturated carbocycles. The van der Waals surface area contributed by atoms with E-state index in [9.17, 15) is 4.79 Å². The molecule has 0 radical (unpaired) electrons. The second-order valence-electron chi connectivity index (χ2n) is 7.24. The Balaban J connectivity index is 1.55. The lowest BCUT2D eigenvalue weighted by Gasteiger charge is -2.24. The zero-order valence-corrected chi connectivity index (χ0v) is 15.7. The number of carboxylic acids is 1. The highest BCUT2D eigenvalue weighted by molar-refractivity contribution is 6.30. The summed E-state index contributed by atoms with van der Waals surface area (Å²) >= 11 is 5.97. The average Bonchev–Trinajstić information content (AvgIpc) is 2.98. The molecule has 4 heteroatoms. The summed E-state index contributed by atoms with van der Waals surface area (Å²) in [6.07, 6.45) is 1.63. The summed E-state index contributed by atoms with van der Waals surface area (Å²) in [4.78, 5) is 11.0. The molecule has 1 N–H and O–H groups in total. The van der Waals surface area contributed by atoms with Gasteiger partial charge < -0.3 is 9.84 Å². The van der Waals surface area contributed by atoms with Crippen LogP contribution in [0, 0.1) is 0 Å². The smallest absolute Gasteiger partial charge is 0.335 e. The van der Waals surface area contributed by atoms with Crippen LogP contribution in [0.15, 0.2) is 66.7 Å². The lowest BCUT2D eigenvalue weighted by molar-refractivity contribution is 0.0697. The highest BCUT2D eigenvalue weighted by Crippen LogP contribution is 2.39. The first-order chi connectivity index (χ1) is 12.9. The number of halogens is 1. The SMILES string of the molecule is CC1(Cc2ccc(Cl)cc2)Cc2cc(-c3ccc(C(=O)O)cc3)ccc2O1. The van der Waals surface area contributed by atoms with Crippen molar-refractivity contribution >= 4 is 17.6 Å². The number of hydrogen-bond acceptors (Lipinski definition) is 2. The molecule has 3 nitrogen and oxygen atoms in total. The van der Waals surface area contributed by atoms with Crippen LogP contribution in [-0.2, 0) is 12.8 Å². The van der Waals surface area contributed by atoms with Gasteiger partial charge in [-0.25, -0.2) is 4.79 Å². The number of carboxylic acid groups (broad SMARTS) is 1. The molecule has 1 atom stereocenters. The van der Waals surface area contributed by atoms with E-state index in [0.29, 0.717) is 5.56 Å². The Hall–Kier alpha value is -2.78. The molecular weight excluding hydrogens is 360 g/mol. The molecule has 0 aliphatic carbocycles. The van der Waals surface area contributed by atoms with E-state index < -0.39 is 5.97 Å². The summed E-state index contributed by atoms with van der Waals surface area (Å²) in [7, 11) is 0. The number of hydrogen-bond donors (Lipinski definition) is 1. The lowest BCUT2D eigenvalue weighted by atomic mass is 9.91. The van der Waals surface area contributed by atoms with E-state index in [4.69, 9.17) is 21.4 Å². The molecule has 136 valence electrons. The summed E-state index contributed by atoms with van der Waals surface area (Å²) in [6.45, 7) is 2.13. The summed E-state index contributed by atoms with van der Waals surface area (Å²) in [5.41, 5.74) is 4.42. The number of rotatable bonds is 4. The fraction of sp³-hybridized carbons (Fsp3) is 0.174. The van der Waals surface area contributed by atoms with Crippen LogP contribution in [0.2, 0.25) is 5.02 Å². The average molecular weight is 379 g/mol. The first-order valence-electron chi connectivity index (χ1n) is 8.82. The van der Waals surface area contributed by atoms with Gasteiger partial charge in [-0.1, -0.05) is 41.9 Å². The minimum atomic E-state index is -0.915. The van der Waals surface area contributed by atoms with Crippen LogP contribution >= 0.6 is 11.6 Å². The van der Waals surface area contributed by atoms with Crippen molar-refractivity contribution in [2.45, 2.75) is 25.4 Å². The highest BCUT2D eigenvalue weighted by atomic mass is 35.5. The molecule has 1 heterocycles. The second-order valence-corrected chi connectivity index (χ2v) is 7.67. The van der Waals surface area contributed by atoms with Gasteiger partial charge >= 0.3 is 5.97 Å². The Labute approximate surface area is 163 Å². The quantitative estimate of drug-likeness (QED) is 0.638. The summed E-state index contributed by atoms with van der Waals surface area (Å²) in [5.74, 6) is -0.000705. The largest absolute Gasteiger partial charge is 0.487 e. The minimum absolute atomic E-state index is 0.290. The van der Waals surface area contributed by atoms with Crippen LogP contribution in [0.1, 0.15) is 28.4 Å². The Bertz CT molecular complexity index is 993. The third-order valence-electron chi connectivity index (χ3n) is 4.94. The summed E-state index contributed by atoms with van der Waals surface area (Å²) < 4.78 is 6.26. The van der Waals surface area contributed by atoms with Crippen molar-refractivity contribution in [3.63, 3.8) is 0 Å². The van der Waals surface area contributed by atoms with Gasteiger partial charge in [0.15, 0.2) is 0 Å². The third-order valence-corrected chi connectivity index (χ3v) is 5.19. The first kappa shape index (κ1) is 17.6. The van der Waals surface area contributed by atoms with E-state index in [1.54, 1.807) is 12.1 Å². The topological polar surface area (TPSA) is 46.5 Å². The van der Waals surface area contributed by atoms with E-state index in [1.807, 2.05) is 48.5 Å². The fourth-order valence-corrected chi connectivity index (χ4v) is 3.77. The van der Waals surface area contributed by atoms with Crippen molar-refractivity contribution in [2.24, 2.45) is 0 Å². The van der Waals surface area contributed by atoms with Gasteiger partial charge in [-0.15, -0.1) is 0 Å². The van der Waals surface area contributed by atoms with Crippen LogP contribution in [0.4, 0.5) is 0 Å². The van der Waals surface area contributed by atoms with Gasteiger partial charge in [0, 0.05) is 17.9 Å². The molecule has 3 aromatic carbocycles. The van der Waals surface area contributed by atoms with E-state index >= 15 is 0 Å². The predicted octanol–water partition coefficient (Wildman–Crippen LogP) is 5.64. The standard InChI is InChI=1S/C23H19ClO3/c1-23(13-15-2-9-20(24)10-3-15)14-19-12-18(8-11-21(19)27-23)16-4-6-17(7-5-16)22(25)26/h2-12H,13-14H2,1H3,(H,25,26). The Morgan fingerprint density at radius 2 is 1.70 bits per heavy atom. The van der Waals surface area contributed by atoms with Gasteiger partial charge in [0.25, 0.3) is 0 Å². The molecule has 0 saturated heterocycles. The summed E-state index contributed by atoms with van der Waals surface area (Å²) in [5, 5.41) is 9.78. The van der Waals surface area contributed by atoms with Crippen molar-refractivity contribution in [3.05, 3.63) is 88.4 Å². The first-order valence-corrected chi connectivity index (χ1v) is 9.20. The van der Waals surface area contributed by atoms with Crippen molar-refractivity contribution in [3.8, 4) is 16.9 Å². The van der Waals surface area contributed by atoms with Crippen molar-refractivity contribution < 1.29 is 14.6 Å². The van der Waals surface area contributed by atoms with E-state index in [1.165, 1.54) is 11.1 Å². The van der Waals surface area contributed by atoms with Gasteiger partial charge in [-0.3, -0.25) is 0 Å². The maximum Gasteiger partial charge on any atom is 0.335 e. The third kappa shape index (κ3) is 3.69. The molecular formula is C23H19ClO3. The zero-order valence-electron chi connectivity index (χ0n) is 14.9. The zero-order chi connectivity index (χ0) is 19.0. The van der Waals surface area contributed by atoms with Crippen molar-refractivity contribution in [2.75, 3.05) is 0 Å². The van der Waals surface area contributed by atoms with Crippen LogP contribution in [0.5, 0.6) is 5.75 Å². The fourth-order valence-electron chi connectivity index (χ4n) is 3.64. The van der Waals surface area contributed by atoms with Crippen molar-refractivity contribution in [1.82, 2.24) is 0 Å². The van der Waals surface area contributed by atoms with Gasteiger partial charge in [-0.05, 0) is 65.6 Å². The maximum absolute atomic E-state index is 11.0. The molecule has 0 aromatic heterocycles. The van der Waals surface area contributed by atoms with Gasteiger partial charge in [-0.2, -0.15) is 0 Å². The van der Waals surface area contributed by atoms with Crippen molar-refractivity contribution in [1.29, 1.82) is 0 Å². The molecule has 3 aromatic rings. The number of ether oxygens (including phenoxy) is 1. The molecule has 27 heavy (non-hydrogen) atoms. The van der Waals surface area contributed by atoms with Gasteiger partial charge in [0.05, 0.1) is 5.56 Å². The number of fused-ring (bicyclic) bond motifs is 1. The molecule has 0 bridgehead atoms. The lowest BCUT2D eigenvalue weighted by Crippen LogP contribution is -2.32. The molecule has 1 aliphatic heterocycles. The molecule has 1 unspecified atom stereocenters. The number of aromatic carboxylic acids is 1.